The van der Waals surface area contributed by atoms with Crippen LogP contribution in [0.25, 0.3) is 0 Å². The molecule has 0 heterocycles. The van der Waals surface area contributed by atoms with Crippen LogP contribution in [0.2, 0.25) is 0 Å². The summed E-state index contributed by atoms with van der Waals surface area (Å²) in [5, 5.41) is 8.42. The van der Waals surface area contributed by atoms with Crippen molar-refractivity contribution in [3.63, 3.8) is 0 Å². The first-order chi connectivity index (χ1) is 6.63. The number of aliphatic carboxylic acids is 1. The molecule has 0 radical (unpaired) electrons. The Morgan fingerprint density at radius 3 is 2.64 bits per heavy atom. The lowest BCUT2D eigenvalue weighted by Crippen LogP contribution is -2.07. The highest BCUT2D eigenvalue weighted by atomic mass is 35.5. The lowest BCUT2D eigenvalue weighted by atomic mass is 10.1. The molecule has 1 aromatic rings. The number of hydrogen-bond donors (Lipinski definition) is 1. The maximum absolute atomic E-state index is 11.3. The first-order valence-corrected chi connectivity index (χ1v) is 4.57. The van der Waals surface area contributed by atoms with Gasteiger partial charge in [0.25, 0.3) is 0 Å². The molecule has 3 nitrogen and oxygen atoms in total. The van der Waals surface area contributed by atoms with Crippen molar-refractivity contribution in [2.45, 2.75) is 12.3 Å². The van der Waals surface area contributed by atoms with Crippen LogP contribution in [0.3, 0.4) is 0 Å². The molecule has 1 N–H and O–H groups in total. The van der Waals surface area contributed by atoms with Crippen LogP contribution < -0.4 is 0 Å². The molecule has 1 rings (SSSR count). The molecule has 0 atom stereocenters. The quantitative estimate of drug-likeness (QED) is 0.472. The van der Waals surface area contributed by atoms with Crippen LogP contribution in [0.5, 0.6) is 0 Å². The van der Waals surface area contributed by atoms with Gasteiger partial charge in [-0.05, 0) is 11.6 Å². The van der Waals surface area contributed by atoms with Gasteiger partial charge in [0.15, 0.2) is 5.78 Å². The third kappa shape index (κ3) is 2.85. The van der Waals surface area contributed by atoms with Gasteiger partial charge in [-0.15, -0.1) is 11.6 Å². The van der Waals surface area contributed by atoms with Gasteiger partial charge in [0.1, 0.15) is 6.42 Å². The molecule has 0 aromatic heterocycles. The van der Waals surface area contributed by atoms with E-state index in [9.17, 15) is 9.59 Å². The number of Topliss-reactive ketones (excluding diaryl/α,β-unsaturated/α-hetero) is 1. The molecule has 1 aromatic carbocycles. The molecule has 0 aliphatic carbocycles. The second-order valence-corrected chi connectivity index (χ2v) is 3.09. The number of alkyl halides is 1. The van der Waals surface area contributed by atoms with Crippen molar-refractivity contribution >= 4 is 23.4 Å². The van der Waals surface area contributed by atoms with E-state index in [1.165, 1.54) is 0 Å². The topological polar surface area (TPSA) is 54.4 Å². The van der Waals surface area contributed by atoms with Crippen LogP contribution in [0.1, 0.15) is 22.3 Å². The number of carboxylic acid groups (broad SMARTS) is 1. The Morgan fingerprint density at radius 1 is 1.36 bits per heavy atom. The second-order valence-electron chi connectivity index (χ2n) is 2.83. The van der Waals surface area contributed by atoms with E-state index < -0.39 is 18.2 Å². The van der Waals surface area contributed by atoms with Crippen molar-refractivity contribution in [2.75, 3.05) is 0 Å². The molecule has 74 valence electrons. The first-order valence-electron chi connectivity index (χ1n) is 4.03. The highest BCUT2D eigenvalue weighted by molar-refractivity contribution is 6.17. The monoisotopic (exact) mass is 212 g/mol. The maximum Gasteiger partial charge on any atom is 0.311 e. The number of halogens is 1. The summed E-state index contributed by atoms with van der Waals surface area (Å²) >= 11 is 5.58. The molecule has 0 saturated heterocycles. The number of carboxylic acids is 1. The molecule has 0 aliphatic heterocycles. The molecule has 4 heteroatoms. The van der Waals surface area contributed by atoms with Gasteiger partial charge >= 0.3 is 5.97 Å². The van der Waals surface area contributed by atoms with E-state index in [1.807, 2.05) is 0 Å². The zero-order valence-corrected chi connectivity index (χ0v) is 8.12. The Balaban J connectivity index is 2.84. The first kappa shape index (κ1) is 10.7. The van der Waals surface area contributed by atoms with Gasteiger partial charge in [-0.25, -0.2) is 0 Å². The predicted octanol–water partition coefficient (Wildman–Crippen LogP) is 2.08. The summed E-state index contributed by atoms with van der Waals surface area (Å²) in [5.74, 6) is -1.20. The summed E-state index contributed by atoms with van der Waals surface area (Å²) in [6.07, 6.45) is -0.480. The van der Waals surface area contributed by atoms with E-state index >= 15 is 0 Å². The standard InChI is InChI=1S/C10H9ClO3/c11-6-7-2-1-3-8(4-7)9(12)5-10(13)14/h1-4H,5-6H2,(H,13,14). The fourth-order valence-electron chi connectivity index (χ4n) is 1.07. The van der Waals surface area contributed by atoms with Crippen molar-refractivity contribution < 1.29 is 14.7 Å². The molecule has 0 fully saturated rings. The van der Waals surface area contributed by atoms with Gasteiger partial charge in [-0.2, -0.15) is 0 Å². The van der Waals surface area contributed by atoms with Crippen molar-refractivity contribution in [1.82, 2.24) is 0 Å². The number of ketones is 1. The molecule has 14 heavy (non-hydrogen) atoms. The molecule has 0 amide bonds. The maximum atomic E-state index is 11.3. The van der Waals surface area contributed by atoms with Crippen molar-refractivity contribution in [3.05, 3.63) is 35.4 Å². The fraction of sp³-hybridized carbons (Fsp3) is 0.200. The minimum absolute atomic E-state index is 0.314. The van der Waals surface area contributed by atoms with E-state index in [1.54, 1.807) is 24.3 Å². The fourth-order valence-corrected chi connectivity index (χ4v) is 1.23. The van der Waals surface area contributed by atoms with Crippen molar-refractivity contribution in [1.29, 1.82) is 0 Å². The lowest BCUT2D eigenvalue weighted by Gasteiger charge is -2.00. The number of benzene rings is 1. The minimum atomic E-state index is -1.12. The van der Waals surface area contributed by atoms with Gasteiger partial charge in [-0.3, -0.25) is 9.59 Å². The summed E-state index contributed by atoms with van der Waals surface area (Å²) in [6.45, 7) is 0. The summed E-state index contributed by atoms with van der Waals surface area (Å²) < 4.78 is 0. The largest absolute Gasteiger partial charge is 0.481 e. The molecular formula is C10H9ClO3. The highest BCUT2D eigenvalue weighted by Gasteiger charge is 2.10. The van der Waals surface area contributed by atoms with E-state index in [4.69, 9.17) is 16.7 Å². The van der Waals surface area contributed by atoms with Gasteiger partial charge in [-0.1, -0.05) is 18.2 Å². The van der Waals surface area contributed by atoms with Crippen LogP contribution in [0.15, 0.2) is 24.3 Å². The molecule has 0 bridgehead atoms. The third-order valence-corrected chi connectivity index (χ3v) is 2.02. The summed E-state index contributed by atoms with van der Waals surface area (Å²) in [5.41, 5.74) is 1.20. The number of hydrogen-bond acceptors (Lipinski definition) is 2. The lowest BCUT2D eigenvalue weighted by molar-refractivity contribution is -0.135. The van der Waals surface area contributed by atoms with Crippen LogP contribution in [-0.2, 0) is 10.7 Å². The van der Waals surface area contributed by atoms with E-state index in [2.05, 4.69) is 0 Å². The van der Waals surface area contributed by atoms with Crippen molar-refractivity contribution in [3.8, 4) is 0 Å². The summed E-state index contributed by atoms with van der Waals surface area (Å²) in [7, 11) is 0. The highest BCUT2D eigenvalue weighted by Crippen LogP contribution is 2.09. The van der Waals surface area contributed by atoms with Crippen molar-refractivity contribution in [2.24, 2.45) is 0 Å². The average Bonchev–Trinajstić information content (AvgIpc) is 2.17. The van der Waals surface area contributed by atoms with Gasteiger partial charge < -0.3 is 5.11 Å². The number of carbonyl (C=O) groups excluding carboxylic acids is 1. The Hall–Kier alpha value is -1.35. The van der Waals surface area contributed by atoms with E-state index in [0.29, 0.717) is 11.4 Å². The van der Waals surface area contributed by atoms with Crippen LogP contribution in [0, 0.1) is 0 Å². The normalized spacial score (nSPS) is 9.79. The van der Waals surface area contributed by atoms with E-state index in [-0.39, 0.29) is 0 Å². The average molecular weight is 213 g/mol. The predicted molar refractivity (Wildman–Crippen MR) is 52.6 cm³/mol. The van der Waals surface area contributed by atoms with E-state index in [0.717, 1.165) is 5.56 Å². The summed E-state index contributed by atoms with van der Waals surface area (Å²) in [6, 6.07) is 6.66. The smallest absolute Gasteiger partial charge is 0.311 e. The number of rotatable bonds is 4. The molecule has 0 aliphatic rings. The number of carbonyl (C=O) groups is 2. The Bertz CT molecular complexity index is 360. The minimum Gasteiger partial charge on any atom is -0.481 e. The molecular weight excluding hydrogens is 204 g/mol. The second kappa shape index (κ2) is 4.77. The van der Waals surface area contributed by atoms with Crippen LogP contribution >= 0.6 is 11.6 Å². The zero-order chi connectivity index (χ0) is 10.6. The molecule has 0 saturated carbocycles. The zero-order valence-electron chi connectivity index (χ0n) is 7.37. The van der Waals surface area contributed by atoms with Gasteiger partial charge in [0, 0.05) is 11.4 Å². The van der Waals surface area contributed by atoms with Crippen LogP contribution in [0.4, 0.5) is 0 Å². The SMILES string of the molecule is O=C(O)CC(=O)c1cccc(CCl)c1. The Kier molecular flexibility index (Phi) is 3.65. The Labute approximate surface area is 86.3 Å². The van der Waals surface area contributed by atoms with Gasteiger partial charge in [0.2, 0.25) is 0 Å². The molecule has 0 spiro atoms. The third-order valence-electron chi connectivity index (χ3n) is 1.72. The van der Waals surface area contributed by atoms with Gasteiger partial charge in [0.05, 0.1) is 0 Å². The Morgan fingerprint density at radius 2 is 2.07 bits per heavy atom. The molecule has 0 unspecified atom stereocenters. The van der Waals surface area contributed by atoms with Crippen LogP contribution in [-0.4, -0.2) is 16.9 Å². The summed E-state index contributed by atoms with van der Waals surface area (Å²) in [4.78, 5) is 21.6.